The van der Waals surface area contributed by atoms with Crippen LogP contribution >= 0.6 is 12.6 Å². The van der Waals surface area contributed by atoms with Gasteiger partial charge in [0.1, 0.15) is 0 Å². The van der Waals surface area contributed by atoms with E-state index >= 15 is 0 Å². The van der Waals surface area contributed by atoms with Crippen molar-refractivity contribution in [2.24, 2.45) is 0 Å². The number of rotatable bonds is 8. The van der Waals surface area contributed by atoms with E-state index in [2.05, 4.69) is 38.6 Å². The SMILES string of the molecule is CCCCc1ccc(CCCC)c(CCS)n1. The molecule has 1 nitrogen and oxygen atoms in total. The summed E-state index contributed by atoms with van der Waals surface area (Å²) in [6.45, 7) is 4.46. The Morgan fingerprint density at radius 3 is 2.35 bits per heavy atom. The van der Waals surface area contributed by atoms with E-state index in [1.807, 2.05) is 0 Å². The van der Waals surface area contributed by atoms with Crippen molar-refractivity contribution in [3.05, 3.63) is 29.1 Å². The van der Waals surface area contributed by atoms with Gasteiger partial charge in [0, 0.05) is 11.4 Å². The minimum Gasteiger partial charge on any atom is -0.258 e. The normalized spacial score (nSPS) is 10.8. The van der Waals surface area contributed by atoms with E-state index in [0.29, 0.717) is 0 Å². The summed E-state index contributed by atoms with van der Waals surface area (Å²) >= 11 is 4.34. The molecule has 0 spiro atoms. The summed E-state index contributed by atoms with van der Waals surface area (Å²) in [5.41, 5.74) is 3.96. The molecule has 0 amide bonds. The third-order valence-electron chi connectivity index (χ3n) is 3.06. The molecule has 0 saturated heterocycles. The molecule has 17 heavy (non-hydrogen) atoms. The predicted molar refractivity (Wildman–Crippen MR) is 79.0 cm³/mol. The van der Waals surface area contributed by atoms with E-state index in [1.165, 1.54) is 49.1 Å². The van der Waals surface area contributed by atoms with Crippen LogP contribution < -0.4 is 0 Å². The molecule has 0 saturated carbocycles. The fourth-order valence-electron chi connectivity index (χ4n) is 1.99. The molecule has 1 aromatic heterocycles. The van der Waals surface area contributed by atoms with Gasteiger partial charge < -0.3 is 0 Å². The Morgan fingerprint density at radius 2 is 1.71 bits per heavy atom. The van der Waals surface area contributed by atoms with Gasteiger partial charge in [0.15, 0.2) is 0 Å². The monoisotopic (exact) mass is 251 g/mol. The molecule has 1 rings (SSSR count). The second-order valence-electron chi connectivity index (χ2n) is 4.59. The molecule has 0 N–H and O–H groups in total. The fraction of sp³-hybridized carbons (Fsp3) is 0.667. The number of pyridine rings is 1. The molecular formula is C15H25NS. The Balaban J connectivity index is 2.75. The van der Waals surface area contributed by atoms with Crippen molar-refractivity contribution in [1.82, 2.24) is 4.98 Å². The van der Waals surface area contributed by atoms with Crippen LogP contribution in [0.3, 0.4) is 0 Å². The van der Waals surface area contributed by atoms with E-state index in [0.717, 1.165) is 18.6 Å². The van der Waals surface area contributed by atoms with Crippen LogP contribution in [0.2, 0.25) is 0 Å². The Hall–Kier alpha value is -0.500. The van der Waals surface area contributed by atoms with Crippen LogP contribution in [0.15, 0.2) is 12.1 Å². The highest BCUT2D eigenvalue weighted by atomic mass is 32.1. The van der Waals surface area contributed by atoms with Gasteiger partial charge in [0.25, 0.3) is 0 Å². The van der Waals surface area contributed by atoms with Crippen LogP contribution in [0.1, 0.15) is 56.5 Å². The highest BCUT2D eigenvalue weighted by Crippen LogP contribution is 2.14. The molecule has 0 unspecified atom stereocenters. The van der Waals surface area contributed by atoms with Crippen LogP contribution in [0.25, 0.3) is 0 Å². The molecule has 0 aliphatic rings. The van der Waals surface area contributed by atoms with Crippen molar-refractivity contribution < 1.29 is 0 Å². The van der Waals surface area contributed by atoms with Crippen molar-refractivity contribution in [3.63, 3.8) is 0 Å². The molecule has 0 radical (unpaired) electrons. The second kappa shape index (κ2) is 8.57. The first-order valence-corrected chi connectivity index (χ1v) is 7.53. The van der Waals surface area contributed by atoms with Gasteiger partial charge in [0.2, 0.25) is 0 Å². The number of thiol groups is 1. The molecular weight excluding hydrogens is 226 g/mol. The van der Waals surface area contributed by atoms with Crippen LogP contribution in [-0.2, 0) is 19.3 Å². The zero-order valence-corrected chi connectivity index (χ0v) is 12.1. The lowest BCUT2D eigenvalue weighted by molar-refractivity contribution is 0.753. The number of aryl methyl sites for hydroxylation is 3. The first-order chi connectivity index (χ1) is 8.31. The summed E-state index contributed by atoms with van der Waals surface area (Å²) < 4.78 is 0. The molecule has 0 aliphatic heterocycles. The largest absolute Gasteiger partial charge is 0.258 e. The minimum atomic E-state index is 0.892. The van der Waals surface area contributed by atoms with Crippen LogP contribution in [0.5, 0.6) is 0 Å². The molecule has 0 atom stereocenters. The number of hydrogen-bond acceptors (Lipinski definition) is 2. The molecule has 0 aliphatic carbocycles. The highest BCUT2D eigenvalue weighted by molar-refractivity contribution is 7.80. The van der Waals surface area contributed by atoms with Gasteiger partial charge in [-0.3, -0.25) is 4.98 Å². The van der Waals surface area contributed by atoms with E-state index < -0.39 is 0 Å². The summed E-state index contributed by atoms with van der Waals surface area (Å²) in [6, 6.07) is 4.50. The zero-order chi connectivity index (χ0) is 12.5. The van der Waals surface area contributed by atoms with E-state index in [9.17, 15) is 0 Å². The fourth-order valence-corrected chi connectivity index (χ4v) is 2.20. The molecule has 0 aromatic carbocycles. The summed E-state index contributed by atoms with van der Waals surface area (Å²) in [4.78, 5) is 4.80. The topological polar surface area (TPSA) is 12.9 Å². The molecule has 1 aromatic rings. The standard InChI is InChI=1S/C15H25NS/c1-3-5-7-13-9-10-14(8-6-4-2)16-15(13)11-12-17/h9-10,17H,3-8,11-12H2,1-2H3. The average Bonchev–Trinajstić information content (AvgIpc) is 2.35. The van der Waals surface area contributed by atoms with Gasteiger partial charge in [-0.25, -0.2) is 0 Å². The van der Waals surface area contributed by atoms with Gasteiger partial charge in [-0.2, -0.15) is 12.6 Å². The van der Waals surface area contributed by atoms with Crippen LogP contribution in [0, 0.1) is 0 Å². The predicted octanol–water partition coefficient (Wildman–Crippen LogP) is 4.24. The van der Waals surface area contributed by atoms with Gasteiger partial charge in [0.05, 0.1) is 0 Å². The van der Waals surface area contributed by atoms with Crippen molar-refractivity contribution in [2.45, 2.75) is 58.8 Å². The summed E-state index contributed by atoms with van der Waals surface area (Å²) in [6.07, 6.45) is 8.27. The van der Waals surface area contributed by atoms with Gasteiger partial charge in [-0.05, 0) is 49.5 Å². The van der Waals surface area contributed by atoms with E-state index in [-0.39, 0.29) is 0 Å². The lowest BCUT2D eigenvalue weighted by Gasteiger charge is -2.10. The minimum absolute atomic E-state index is 0.892. The molecule has 1 heterocycles. The maximum atomic E-state index is 4.80. The second-order valence-corrected chi connectivity index (χ2v) is 5.04. The number of aromatic nitrogens is 1. The average molecular weight is 251 g/mol. The zero-order valence-electron chi connectivity index (χ0n) is 11.2. The first kappa shape index (κ1) is 14.6. The molecule has 96 valence electrons. The smallest absolute Gasteiger partial charge is 0.0446 e. The summed E-state index contributed by atoms with van der Waals surface area (Å²) in [7, 11) is 0. The summed E-state index contributed by atoms with van der Waals surface area (Å²) in [5.74, 6) is 0.892. The Kier molecular flexibility index (Phi) is 7.34. The van der Waals surface area contributed by atoms with E-state index in [1.54, 1.807) is 0 Å². The third-order valence-corrected chi connectivity index (χ3v) is 3.28. The van der Waals surface area contributed by atoms with Gasteiger partial charge in [-0.15, -0.1) is 0 Å². The quantitative estimate of drug-likeness (QED) is 0.682. The molecule has 0 fully saturated rings. The lowest BCUT2D eigenvalue weighted by Crippen LogP contribution is -2.03. The van der Waals surface area contributed by atoms with Crippen molar-refractivity contribution in [2.75, 3.05) is 5.75 Å². The van der Waals surface area contributed by atoms with Gasteiger partial charge in [-0.1, -0.05) is 32.8 Å². The first-order valence-electron chi connectivity index (χ1n) is 6.90. The van der Waals surface area contributed by atoms with Crippen LogP contribution in [0.4, 0.5) is 0 Å². The Bertz CT molecular complexity index is 323. The van der Waals surface area contributed by atoms with E-state index in [4.69, 9.17) is 4.98 Å². The highest BCUT2D eigenvalue weighted by Gasteiger charge is 2.05. The lowest BCUT2D eigenvalue weighted by atomic mass is 10.0. The maximum Gasteiger partial charge on any atom is 0.0446 e. The molecule has 2 heteroatoms. The number of hydrogen-bond donors (Lipinski definition) is 1. The number of nitrogens with zero attached hydrogens (tertiary/aromatic N) is 1. The van der Waals surface area contributed by atoms with Crippen molar-refractivity contribution in [3.8, 4) is 0 Å². The Morgan fingerprint density at radius 1 is 1.00 bits per heavy atom. The van der Waals surface area contributed by atoms with Crippen molar-refractivity contribution in [1.29, 1.82) is 0 Å². The third kappa shape index (κ3) is 5.12. The summed E-state index contributed by atoms with van der Waals surface area (Å²) in [5, 5.41) is 0. The van der Waals surface area contributed by atoms with Gasteiger partial charge >= 0.3 is 0 Å². The number of unbranched alkanes of at least 4 members (excludes halogenated alkanes) is 2. The molecule has 0 bridgehead atoms. The van der Waals surface area contributed by atoms with Crippen molar-refractivity contribution >= 4 is 12.6 Å². The Labute approximate surface area is 111 Å². The maximum absolute atomic E-state index is 4.80. The van der Waals surface area contributed by atoms with Crippen LogP contribution in [-0.4, -0.2) is 10.7 Å².